The average Bonchev–Trinajstić information content (AvgIpc) is 2.74. The van der Waals surface area contributed by atoms with Gasteiger partial charge in [-0.2, -0.15) is 5.10 Å². The number of anilines is 2. The molecular weight excluding hydrogens is 433 g/mol. The van der Waals surface area contributed by atoms with Crippen LogP contribution in [-0.4, -0.2) is 56.4 Å². The molecular formula is C23H29ClFN5O2. The van der Waals surface area contributed by atoms with Gasteiger partial charge in [0.2, 0.25) is 0 Å². The Balaban J connectivity index is 2.22. The van der Waals surface area contributed by atoms with Gasteiger partial charge in [0.05, 0.1) is 12.3 Å². The molecule has 0 saturated carbocycles. The molecule has 0 atom stereocenters. The minimum Gasteiger partial charge on any atom is -0.493 e. The van der Waals surface area contributed by atoms with Crippen molar-refractivity contribution in [3.05, 3.63) is 59.4 Å². The summed E-state index contributed by atoms with van der Waals surface area (Å²) in [5, 5.41) is 11.6. The first-order valence-corrected chi connectivity index (χ1v) is 10.5. The molecule has 0 fully saturated rings. The van der Waals surface area contributed by atoms with Crippen LogP contribution in [0.4, 0.5) is 20.6 Å². The fourth-order valence-electron chi connectivity index (χ4n) is 2.86. The fourth-order valence-corrected chi connectivity index (χ4v) is 2.99. The minimum atomic E-state index is -0.441. The second kappa shape index (κ2) is 12.7. The van der Waals surface area contributed by atoms with Crippen LogP contribution < -0.4 is 15.4 Å². The molecule has 0 unspecified atom stereocenters. The van der Waals surface area contributed by atoms with E-state index in [1.54, 1.807) is 62.7 Å². The smallest absolute Gasteiger partial charge is 0.323 e. The van der Waals surface area contributed by atoms with Crippen molar-refractivity contribution < 1.29 is 13.9 Å². The SMILES string of the molecule is C/C=N\N(C)/C(=C/F)c1cc(NC(=O)Nc2ccc(Cl)cc2)ccc1OCCCN(C)C. The molecule has 0 aromatic heterocycles. The Morgan fingerprint density at radius 3 is 2.41 bits per heavy atom. The molecule has 0 aliphatic rings. The van der Waals surface area contributed by atoms with Crippen LogP contribution in [0.25, 0.3) is 5.70 Å². The third-order valence-electron chi connectivity index (χ3n) is 4.36. The van der Waals surface area contributed by atoms with Gasteiger partial charge in [0, 0.05) is 41.8 Å². The lowest BCUT2D eigenvalue weighted by atomic mass is 10.1. The van der Waals surface area contributed by atoms with Crippen molar-refractivity contribution in [3.63, 3.8) is 0 Å². The molecule has 0 saturated heterocycles. The maximum Gasteiger partial charge on any atom is 0.323 e. The summed E-state index contributed by atoms with van der Waals surface area (Å²) >= 11 is 5.87. The highest BCUT2D eigenvalue weighted by Gasteiger charge is 2.16. The Hall–Kier alpha value is -3.10. The third kappa shape index (κ3) is 7.86. The first kappa shape index (κ1) is 25.2. The quantitative estimate of drug-likeness (QED) is 0.277. The van der Waals surface area contributed by atoms with Crippen molar-refractivity contribution in [1.29, 1.82) is 0 Å². The molecule has 2 aromatic carbocycles. The summed E-state index contributed by atoms with van der Waals surface area (Å²) in [4.78, 5) is 14.5. The number of halogens is 2. The predicted molar refractivity (Wildman–Crippen MR) is 130 cm³/mol. The number of hydrazone groups is 1. The van der Waals surface area contributed by atoms with Gasteiger partial charge in [-0.15, -0.1) is 0 Å². The lowest BCUT2D eigenvalue weighted by molar-refractivity contribution is 0.262. The molecule has 2 N–H and O–H groups in total. The van der Waals surface area contributed by atoms with Crippen LogP contribution in [0.2, 0.25) is 5.02 Å². The van der Waals surface area contributed by atoms with Crippen LogP contribution >= 0.6 is 11.6 Å². The fraction of sp³-hybridized carbons (Fsp3) is 0.304. The van der Waals surface area contributed by atoms with Crippen molar-refractivity contribution in [2.24, 2.45) is 5.10 Å². The zero-order valence-corrected chi connectivity index (χ0v) is 19.5. The lowest BCUT2D eigenvalue weighted by Crippen LogP contribution is -2.20. The van der Waals surface area contributed by atoms with Crippen molar-refractivity contribution in [2.75, 3.05) is 44.9 Å². The summed E-state index contributed by atoms with van der Waals surface area (Å²) in [7, 11) is 5.61. The van der Waals surface area contributed by atoms with Gasteiger partial charge in [-0.05, 0) is 69.9 Å². The van der Waals surface area contributed by atoms with Crippen molar-refractivity contribution in [3.8, 4) is 5.75 Å². The van der Waals surface area contributed by atoms with E-state index in [2.05, 4.69) is 20.6 Å². The number of benzene rings is 2. The summed E-state index contributed by atoms with van der Waals surface area (Å²) in [6.07, 6.45) is 2.84. The molecule has 7 nitrogen and oxygen atoms in total. The summed E-state index contributed by atoms with van der Waals surface area (Å²) in [5.74, 6) is 0.495. The lowest BCUT2D eigenvalue weighted by Gasteiger charge is -2.20. The van der Waals surface area contributed by atoms with Gasteiger partial charge in [0.25, 0.3) is 0 Å². The minimum absolute atomic E-state index is 0.201. The Labute approximate surface area is 193 Å². The first-order chi connectivity index (χ1) is 15.3. The van der Waals surface area contributed by atoms with Gasteiger partial charge < -0.3 is 20.3 Å². The van der Waals surface area contributed by atoms with Gasteiger partial charge in [0.1, 0.15) is 12.1 Å². The van der Waals surface area contributed by atoms with Gasteiger partial charge in [0.15, 0.2) is 0 Å². The number of nitrogens with zero attached hydrogens (tertiary/aromatic N) is 3. The number of hydrogen-bond donors (Lipinski definition) is 2. The molecule has 32 heavy (non-hydrogen) atoms. The summed E-state index contributed by atoms with van der Waals surface area (Å²) in [6, 6.07) is 11.4. The van der Waals surface area contributed by atoms with Crippen LogP contribution in [0, 0.1) is 0 Å². The molecule has 0 radical (unpaired) electrons. The van der Waals surface area contributed by atoms with Crippen LogP contribution in [-0.2, 0) is 0 Å². The van der Waals surface area contributed by atoms with Crippen molar-refractivity contribution in [1.82, 2.24) is 9.91 Å². The molecule has 0 bridgehead atoms. The largest absolute Gasteiger partial charge is 0.493 e. The molecule has 2 aromatic rings. The number of hydrogen-bond acceptors (Lipinski definition) is 5. The molecule has 0 heterocycles. The molecule has 0 aliphatic heterocycles. The van der Waals surface area contributed by atoms with Crippen LogP contribution in [0.15, 0.2) is 53.9 Å². The topological polar surface area (TPSA) is 69.2 Å². The van der Waals surface area contributed by atoms with Crippen molar-refractivity contribution in [2.45, 2.75) is 13.3 Å². The van der Waals surface area contributed by atoms with E-state index in [0.717, 1.165) is 13.0 Å². The van der Waals surface area contributed by atoms with Crippen LogP contribution in [0.1, 0.15) is 18.9 Å². The second-order valence-corrected chi connectivity index (χ2v) is 7.63. The zero-order valence-electron chi connectivity index (χ0n) is 18.7. The van der Waals surface area contributed by atoms with Crippen LogP contribution in [0.5, 0.6) is 5.75 Å². The number of carbonyl (C=O) groups is 1. The highest BCUT2D eigenvalue weighted by molar-refractivity contribution is 6.30. The number of urea groups is 1. The number of ether oxygens (including phenoxy) is 1. The van der Waals surface area contributed by atoms with Gasteiger partial charge >= 0.3 is 6.03 Å². The monoisotopic (exact) mass is 461 g/mol. The van der Waals surface area contributed by atoms with Crippen molar-refractivity contribution >= 4 is 40.9 Å². The normalized spacial score (nSPS) is 11.7. The summed E-state index contributed by atoms with van der Waals surface area (Å²) in [5.41, 5.74) is 1.73. The molecule has 0 spiro atoms. The first-order valence-electron chi connectivity index (χ1n) is 10.1. The number of rotatable bonds is 10. The number of carbonyl (C=O) groups excluding carboxylic acids is 1. The number of amides is 2. The van der Waals surface area contributed by atoms with E-state index in [-0.39, 0.29) is 5.70 Å². The Morgan fingerprint density at radius 2 is 1.78 bits per heavy atom. The number of nitrogens with one attached hydrogen (secondary N) is 2. The Morgan fingerprint density at radius 1 is 1.12 bits per heavy atom. The van der Waals surface area contributed by atoms with E-state index >= 15 is 0 Å². The highest BCUT2D eigenvalue weighted by atomic mass is 35.5. The molecule has 172 valence electrons. The second-order valence-electron chi connectivity index (χ2n) is 7.19. The third-order valence-corrected chi connectivity index (χ3v) is 4.62. The zero-order chi connectivity index (χ0) is 23.5. The van der Waals surface area contributed by atoms with E-state index in [4.69, 9.17) is 16.3 Å². The summed E-state index contributed by atoms with van der Waals surface area (Å²) in [6.45, 7) is 3.07. The predicted octanol–water partition coefficient (Wildman–Crippen LogP) is 5.52. The summed E-state index contributed by atoms with van der Waals surface area (Å²) < 4.78 is 19.8. The molecule has 2 rings (SSSR count). The Bertz CT molecular complexity index is 948. The van der Waals surface area contributed by atoms with E-state index in [1.165, 1.54) is 5.01 Å². The van der Waals surface area contributed by atoms with Gasteiger partial charge in [-0.25, -0.2) is 9.18 Å². The van der Waals surface area contributed by atoms with E-state index in [1.807, 2.05) is 14.1 Å². The maximum absolute atomic E-state index is 13.9. The van der Waals surface area contributed by atoms with E-state index in [9.17, 15) is 9.18 Å². The molecule has 2 amide bonds. The molecule has 0 aliphatic carbocycles. The molecule has 9 heteroatoms. The van der Waals surface area contributed by atoms with Gasteiger partial charge in [-0.1, -0.05) is 11.6 Å². The average molecular weight is 462 g/mol. The van der Waals surface area contributed by atoms with Gasteiger partial charge in [-0.3, -0.25) is 5.01 Å². The van der Waals surface area contributed by atoms with E-state index in [0.29, 0.717) is 40.6 Å². The standard InChI is InChI=1S/C23H29ClFN5O2/c1-5-26-30(4)21(16-25)20-15-19(11-12-22(20)32-14-6-13-29(2)3)28-23(31)27-18-9-7-17(24)8-10-18/h5,7-12,15-16H,6,13-14H2,1-4H3,(H2,27,28,31)/b21-16+,26-5-. The highest BCUT2D eigenvalue weighted by Crippen LogP contribution is 2.31. The maximum atomic E-state index is 13.9. The Kier molecular flexibility index (Phi) is 9.97. The van der Waals surface area contributed by atoms with Crippen LogP contribution in [0.3, 0.4) is 0 Å². The van der Waals surface area contributed by atoms with E-state index < -0.39 is 6.03 Å².